The highest BCUT2D eigenvalue weighted by atomic mass is 79.9. The van der Waals surface area contributed by atoms with Gasteiger partial charge < -0.3 is 10.3 Å². The molecule has 0 aliphatic carbocycles. The van der Waals surface area contributed by atoms with Crippen LogP contribution in [0.1, 0.15) is 19.7 Å². The van der Waals surface area contributed by atoms with Crippen LogP contribution in [0.3, 0.4) is 0 Å². The maximum Gasteiger partial charge on any atom is 0.259 e. The van der Waals surface area contributed by atoms with Crippen molar-refractivity contribution in [1.29, 1.82) is 0 Å². The second-order valence-corrected chi connectivity index (χ2v) is 6.04. The number of benzene rings is 1. The Morgan fingerprint density at radius 3 is 2.53 bits per heavy atom. The summed E-state index contributed by atoms with van der Waals surface area (Å²) in [5.41, 5.74) is 6.14. The lowest BCUT2D eigenvalue weighted by Crippen LogP contribution is -2.30. The van der Waals surface area contributed by atoms with E-state index in [1.165, 1.54) is 0 Å². The first-order valence-electron chi connectivity index (χ1n) is 4.96. The first kappa shape index (κ1) is 12.7. The summed E-state index contributed by atoms with van der Waals surface area (Å²) >= 11 is 6.84. The third-order valence-electron chi connectivity index (χ3n) is 2.16. The summed E-state index contributed by atoms with van der Waals surface area (Å²) in [5, 5.41) is 3.88. The highest BCUT2D eigenvalue weighted by Gasteiger charge is 2.22. The molecular weight excluding hydrogens is 350 g/mol. The van der Waals surface area contributed by atoms with Crippen molar-refractivity contribution in [3.63, 3.8) is 0 Å². The first-order valence-corrected chi connectivity index (χ1v) is 6.55. The predicted octanol–water partition coefficient (Wildman–Crippen LogP) is 3.46. The molecule has 0 amide bonds. The topological polar surface area (TPSA) is 64.9 Å². The molecule has 0 radical (unpaired) electrons. The SMILES string of the molecule is CC(C)(N)c1noc(-c2ccc(Br)cc2Br)n1. The molecule has 2 aromatic rings. The smallest absolute Gasteiger partial charge is 0.259 e. The number of nitrogens with two attached hydrogens (primary N) is 1. The van der Waals surface area contributed by atoms with Gasteiger partial charge in [0.15, 0.2) is 5.82 Å². The normalized spacial score (nSPS) is 11.8. The van der Waals surface area contributed by atoms with Crippen molar-refractivity contribution in [3.8, 4) is 11.5 Å². The van der Waals surface area contributed by atoms with E-state index in [1.807, 2.05) is 32.0 Å². The van der Waals surface area contributed by atoms with Crippen LogP contribution in [-0.2, 0) is 5.54 Å². The molecule has 2 rings (SSSR count). The van der Waals surface area contributed by atoms with Gasteiger partial charge in [-0.1, -0.05) is 21.1 Å². The molecule has 0 aliphatic rings. The molecule has 1 heterocycles. The number of nitrogens with zero attached hydrogens (tertiary/aromatic N) is 2. The average molecular weight is 361 g/mol. The average Bonchev–Trinajstić information content (AvgIpc) is 2.65. The molecule has 17 heavy (non-hydrogen) atoms. The van der Waals surface area contributed by atoms with Crippen molar-refractivity contribution < 1.29 is 4.52 Å². The van der Waals surface area contributed by atoms with Crippen LogP contribution in [-0.4, -0.2) is 10.1 Å². The molecule has 0 aliphatic heterocycles. The highest BCUT2D eigenvalue weighted by Crippen LogP contribution is 2.30. The summed E-state index contributed by atoms with van der Waals surface area (Å²) in [6.07, 6.45) is 0. The van der Waals surface area contributed by atoms with Crippen molar-refractivity contribution in [2.45, 2.75) is 19.4 Å². The standard InChI is InChI=1S/C11H11Br2N3O/c1-11(2,14)10-15-9(17-16-10)7-4-3-6(12)5-8(7)13/h3-5H,14H2,1-2H3. The van der Waals surface area contributed by atoms with Crippen LogP contribution >= 0.6 is 31.9 Å². The molecule has 1 aromatic carbocycles. The summed E-state index contributed by atoms with van der Waals surface area (Å²) < 4.78 is 7.08. The number of rotatable bonds is 2. The van der Waals surface area contributed by atoms with Crippen LogP contribution in [0.25, 0.3) is 11.5 Å². The Morgan fingerprint density at radius 2 is 2.00 bits per heavy atom. The Kier molecular flexibility index (Phi) is 3.38. The van der Waals surface area contributed by atoms with E-state index < -0.39 is 5.54 Å². The first-order chi connectivity index (χ1) is 7.88. The zero-order chi connectivity index (χ0) is 12.6. The van der Waals surface area contributed by atoms with Crippen molar-refractivity contribution in [2.75, 3.05) is 0 Å². The number of hydrogen-bond donors (Lipinski definition) is 1. The summed E-state index contributed by atoms with van der Waals surface area (Å²) in [7, 11) is 0. The van der Waals surface area contributed by atoms with Crippen LogP contribution in [0.4, 0.5) is 0 Å². The van der Waals surface area contributed by atoms with Crippen LogP contribution in [0.15, 0.2) is 31.7 Å². The molecule has 0 saturated heterocycles. The van der Waals surface area contributed by atoms with E-state index in [0.29, 0.717) is 11.7 Å². The summed E-state index contributed by atoms with van der Waals surface area (Å²) in [6, 6.07) is 5.74. The fourth-order valence-corrected chi connectivity index (χ4v) is 2.47. The Labute approximate surface area is 116 Å². The molecule has 6 heteroatoms. The van der Waals surface area contributed by atoms with Crippen LogP contribution in [0.2, 0.25) is 0 Å². The van der Waals surface area contributed by atoms with Crippen LogP contribution < -0.4 is 5.73 Å². The van der Waals surface area contributed by atoms with Gasteiger partial charge >= 0.3 is 0 Å². The molecule has 0 saturated carbocycles. The lowest BCUT2D eigenvalue weighted by atomic mass is 10.1. The van der Waals surface area contributed by atoms with Gasteiger partial charge in [0, 0.05) is 8.95 Å². The Hall–Kier alpha value is -0.720. The van der Waals surface area contributed by atoms with E-state index >= 15 is 0 Å². The number of aromatic nitrogens is 2. The number of hydrogen-bond acceptors (Lipinski definition) is 4. The summed E-state index contributed by atoms with van der Waals surface area (Å²) in [5.74, 6) is 0.945. The van der Waals surface area contributed by atoms with Crippen molar-refractivity contribution in [3.05, 3.63) is 33.0 Å². The minimum atomic E-state index is -0.608. The summed E-state index contributed by atoms with van der Waals surface area (Å²) in [4.78, 5) is 4.29. The van der Waals surface area contributed by atoms with Gasteiger partial charge in [-0.15, -0.1) is 0 Å². The van der Waals surface area contributed by atoms with E-state index in [1.54, 1.807) is 0 Å². The lowest BCUT2D eigenvalue weighted by molar-refractivity contribution is 0.397. The van der Waals surface area contributed by atoms with E-state index in [-0.39, 0.29) is 0 Å². The molecule has 0 atom stereocenters. The largest absolute Gasteiger partial charge is 0.334 e. The maximum absolute atomic E-state index is 5.91. The number of halogens is 2. The van der Waals surface area contributed by atoms with Crippen LogP contribution in [0, 0.1) is 0 Å². The van der Waals surface area contributed by atoms with Crippen LogP contribution in [0.5, 0.6) is 0 Å². The van der Waals surface area contributed by atoms with Gasteiger partial charge in [-0.25, -0.2) is 0 Å². The Balaban J connectivity index is 2.44. The van der Waals surface area contributed by atoms with Gasteiger partial charge in [0.05, 0.1) is 11.1 Å². The second kappa shape index (κ2) is 4.51. The third kappa shape index (κ3) is 2.75. The van der Waals surface area contributed by atoms with E-state index in [4.69, 9.17) is 10.3 Å². The van der Waals surface area contributed by atoms with Gasteiger partial charge in [-0.05, 0) is 48.0 Å². The molecule has 4 nitrogen and oxygen atoms in total. The minimum Gasteiger partial charge on any atom is -0.334 e. The molecule has 0 bridgehead atoms. The Bertz CT molecular complexity index is 546. The molecule has 1 aromatic heterocycles. The molecule has 0 fully saturated rings. The fourth-order valence-electron chi connectivity index (χ4n) is 1.26. The van der Waals surface area contributed by atoms with E-state index in [9.17, 15) is 0 Å². The predicted molar refractivity (Wildman–Crippen MR) is 72.3 cm³/mol. The fraction of sp³-hybridized carbons (Fsp3) is 0.273. The van der Waals surface area contributed by atoms with Gasteiger partial charge in [-0.2, -0.15) is 4.98 Å². The van der Waals surface area contributed by atoms with Crippen molar-refractivity contribution in [1.82, 2.24) is 10.1 Å². The Morgan fingerprint density at radius 1 is 1.29 bits per heavy atom. The van der Waals surface area contributed by atoms with Gasteiger partial charge in [0.2, 0.25) is 0 Å². The van der Waals surface area contributed by atoms with Crippen molar-refractivity contribution in [2.24, 2.45) is 5.73 Å². The monoisotopic (exact) mass is 359 g/mol. The maximum atomic E-state index is 5.91. The second-order valence-electron chi connectivity index (χ2n) is 4.27. The summed E-state index contributed by atoms with van der Waals surface area (Å²) in [6.45, 7) is 3.66. The highest BCUT2D eigenvalue weighted by molar-refractivity contribution is 9.11. The zero-order valence-electron chi connectivity index (χ0n) is 9.37. The minimum absolute atomic E-state index is 0.456. The molecule has 2 N–H and O–H groups in total. The molecule has 0 unspecified atom stereocenters. The van der Waals surface area contributed by atoms with Gasteiger partial charge in [-0.3, -0.25) is 0 Å². The molecular formula is C11H11Br2N3O. The third-order valence-corrected chi connectivity index (χ3v) is 3.31. The van der Waals surface area contributed by atoms with Gasteiger partial charge in [0.25, 0.3) is 5.89 Å². The zero-order valence-corrected chi connectivity index (χ0v) is 12.5. The van der Waals surface area contributed by atoms with E-state index in [0.717, 1.165) is 14.5 Å². The van der Waals surface area contributed by atoms with Gasteiger partial charge in [0.1, 0.15) is 0 Å². The lowest BCUT2D eigenvalue weighted by Gasteiger charge is -2.11. The quantitative estimate of drug-likeness (QED) is 0.890. The molecule has 0 spiro atoms. The van der Waals surface area contributed by atoms with E-state index in [2.05, 4.69) is 42.0 Å². The molecule has 90 valence electrons. The van der Waals surface area contributed by atoms with Crippen molar-refractivity contribution >= 4 is 31.9 Å².